The molecule has 0 N–H and O–H groups in total. The van der Waals surface area contributed by atoms with Crippen molar-refractivity contribution in [2.24, 2.45) is 0 Å². The molecular weight excluding hydrogens is 295 g/mol. The Balaban J connectivity index is 1.96. The summed E-state index contributed by atoms with van der Waals surface area (Å²) < 4.78 is 45.4. The highest BCUT2D eigenvalue weighted by Gasteiger charge is 2.42. The maximum atomic E-state index is 13.2. The van der Waals surface area contributed by atoms with Crippen molar-refractivity contribution in [2.75, 3.05) is 38.2 Å². The lowest BCUT2D eigenvalue weighted by Crippen LogP contribution is -2.48. The van der Waals surface area contributed by atoms with Crippen LogP contribution in [0.25, 0.3) is 0 Å². The first kappa shape index (κ1) is 15.1. The Labute approximate surface area is 126 Å². The van der Waals surface area contributed by atoms with E-state index in [9.17, 15) is 13.2 Å². The Morgan fingerprint density at radius 2 is 2.09 bits per heavy atom. The van der Waals surface area contributed by atoms with Crippen LogP contribution >= 0.6 is 0 Å². The summed E-state index contributed by atoms with van der Waals surface area (Å²) in [7, 11) is 1.96. The van der Waals surface area contributed by atoms with E-state index in [1.54, 1.807) is 4.90 Å². The molecule has 0 saturated carbocycles. The molecule has 7 heteroatoms. The summed E-state index contributed by atoms with van der Waals surface area (Å²) in [5, 5.41) is 8.96. The SMILES string of the molecule is CN1CCOC2CN(c3cc(C#N)ccc3C(F)(F)F)CC21. The van der Waals surface area contributed by atoms with Crippen molar-refractivity contribution in [1.82, 2.24) is 4.90 Å². The summed E-state index contributed by atoms with van der Waals surface area (Å²) >= 11 is 0. The first-order valence-corrected chi connectivity index (χ1v) is 7.08. The lowest BCUT2D eigenvalue weighted by atomic mass is 10.1. The zero-order valence-electron chi connectivity index (χ0n) is 12.1. The number of halogens is 3. The molecule has 0 amide bonds. The monoisotopic (exact) mass is 311 g/mol. The van der Waals surface area contributed by atoms with Gasteiger partial charge in [-0.1, -0.05) is 0 Å². The summed E-state index contributed by atoms with van der Waals surface area (Å²) in [4.78, 5) is 3.80. The van der Waals surface area contributed by atoms with E-state index in [2.05, 4.69) is 4.90 Å². The fraction of sp³-hybridized carbons (Fsp3) is 0.533. The van der Waals surface area contributed by atoms with Gasteiger partial charge < -0.3 is 9.64 Å². The van der Waals surface area contributed by atoms with Gasteiger partial charge >= 0.3 is 6.18 Å². The summed E-state index contributed by atoms with van der Waals surface area (Å²) in [5.41, 5.74) is -0.405. The molecule has 2 aliphatic rings. The van der Waals surface area contributed by atoms with Gasteiger partial charge in [0.05, 0.1) is 41.6 Å². The normalized spacial score (nSPS) is 25.9. The molecule has 22 heavy (non-hydrogen) atoms. The number of nitrogens with zero attached hydrogens (tertiary/aromatic N) is 3. The zero-order chi connectivity index (χ0) is 15.9. The summed E-state index contributed by atoms with van der Waals surface area (Å²) in [6.45, 7) is 2.25. The number of fused-ring (bicyclic) bond motifs is 1. The fourth-order valence-electron chi connectivity index (χ4n) is 3.16. The number of nitriles is 1. The minimum absolute atomic E-state index is 0.0675. The molecule has 0 spiro atoms. The third-order valence-electron chi connectivity index (χ3n) is 4.35. The molecule has 2 aliphatic heterocycles. The molecule has 1 aromatic rings. The van der Waals surface area contributed by atoms with E-state index in [1.807, 2.05) is 13.1 Å². The molecule has 118 valence electrons. The number of rotatable bonds is 1. The van der Waals surface area contributed by atoms with Gasteiger partial charge in [-0.15, -0.1) is 0 Å². The Kier molecular flexibility index (Phi) is 3.75. The molecule has 2 saturated heterocycles. The molecule has 2 atom stereocenters. The van der Waals surface area contributed by atoms with Crippen LogP contribution in [0.5, 0.6) is 0 Å². The van der Waals surface area contributed by atoms with Gasteiger partial charge in [-0.3, -0.25) is 4.90 Å². The highest BCUT2D eigenvalue weighted by Crippen LogP contribution is 2.39. The van der Waals surface area contributed by atoms with Gasteiger partial charge in [0.1, 0.15) is 0 Å². The number of morpholine rings is 1. The maximum Gasteiger partial charge on any atom is 0.418 e. The quantitative estimate of drug-likeness (QED) is 0.796. The number of ether oxygens (including phenoxy) is 1. The fourth-order valence-corrected chi connectivity index (χ4v) is 3.16. The van der Waals surface area contributed by atoms with Crippen LogP contribution < -0.4 is 4.90 Å². The zero-order valence-corrected chi connectivity index (χ0v) is 12.1. The minimum atomic E-state index is -4.44. The molecule has 2 fully saturated rings. The van der Waals surface area contributed by atoms with E-state index >= 15 is 0 Å². The Morgan fingerprint density at radius 1 is 1.32 bits per heavy atom. The third kappa shape index (κ3) is 2.64. The molecule has 0 bridgehead atoms. The molecule has 2 heterocycles. The second-order valence-electron chi connectivity index (χ2n) is 5.70. The third-order valence-corrected chi connectivity index (χ3v) is 4.35. The molecule has 0 radical (unpaired) electrons. The van der Waals surface area contributed by atoms with Crippen molar-refractivity contribution in [2.45, 2.75) is 18.3 Å². The van der Waals surface area contributed by atoms with E-state index in [4.69, 9.17) is 10.00 Å². The van der Waals surface area contributed by atoms with Gasteiger partial charge in [0.2, 0.25) is 0 Å². The Hall–Kier alpha value is -1.78. The molecule has 4 nitrogen and oxygen atoms in total. The van der Waals surface area contributed by atoms with Gasteiger partial charge in [0, 0.05) is 19.6 Å². The molecule has 0 aromatic heterocycles. The summed E-state index contributed by atoms with van der Waals surface area (Å²) in [5.74, 6) is 0. The molecule has 1 aromatic carbocycles. The summed E-state index contributed by atoms with van der Waals surface area (Å²) in [6.07, 6.45) is -4.53. The number of hydrogen-bond donors (Lipinski definition) is 0. The van der Waals surface area contributed by atoms with Gasteiger partial charge in [-0.05, 0) is 25.2 Å². The first-order chi connectivity index (χ1) is 10.4. The van der Waals surface area contributed by atoms with Gasteiger partial charge in [-0.25, -0.2) is 0 Å². The number of hydrogen-bond acceptors (Lipinski definition) is 4. The molecule has 3 rings (SSSR count). The predicted molar refractivity (Wildman–Crippen MR) is 74.5 cm³/mol. The van der Waals surface area contributed by atoms with Crippen LogP contribution in [0.1, 0.15) is 11.1 Å². The van der Waals surface area contributed by atoms with Crippen LogP contribution in [0.2, 0.25) is 0 Å². The van der Waals surface area contributed by atoms with E-state index < -0.39 is 11.7 Å². The first-order valence-electron chi connectivity index (χ1n) is 7.08. The minimum Gasteiger partial charge on any atom is -0.373 e. The van der Waals surface area contributed by atoms with Crippen LogP contribution in [0, 0.1) is 11.3 Å². The number of alkyl halides is 3. The van der Waals surface area contributed by atoms with Gasteiger partial charge in [0.15, 0.2) is 0 Å². The summed E-state index contributed by atoms with van der Waals surface area (Å²) in [6, 6.07) is 5.50. The van der Waals surface area contributed by atoms with Crippen LogP contribution in [-0.4, -0.2) is 50.3 Å². The number of anilines is 1. The van der Waals surface area contributed by atoms with Crippen molar-refractivity contribution in [3.05, 3.63) is 29.3 Å². The maximum absolute atomic E-state index is 13.2. The molecule has 2 unspecified atom stereocenters. The second-order valence-corrected chi connectivity index (χ2v) is 5.70. The van der Waals surface area contributed by atoms with Crippen LogP contribution in [0.3, 0.4) is 0 Å². The van der Waals surface area contributed by atoms with Crippen molar-refractivity contribution < 1.29 is 17.9 Å². The highest BCUT2D eigenvalue weighted by molar-refractivity contribution is 5.60. The smallest absolute Gasteiger partial charge is 0.373 e. The number of benzene rings is 1. The van der Waals surface area contributed by atoms with E-state index in [0.29, 0.717) is 19.7 Å². The van der Waals surface area contributed by atoms with E-state index in [1.165, 1.54) is 12.1 Å². The topological polar surface area (TPSA) is 39.5 Å². The largest absolute Gasteiger partial charge is 0.418 e. The Bertz CT molecular complexity index is 611. The van der Waals surface area contributed by atoms with Crippen LogP contribution in [-0.2, 0) is 10.9 Å². The van der Waals surface area contributed by atoms with E-state index in [-0.39, 0.29) is 23.4 Å². The average Bonchev–Trinajstić information content (AvgIpc) is 2.91. The lowest BCUT2D eigenvalue weighted by molar-refractivity contribution is -0.137. The number of likely N-dealkylation sites (N-methyl/N-ethyl adjacent to an activating group) is 1. The highest BCUT2D eigenvalue weighted by atomic mass is 19.4. The predicted octanol–water partition coefficient (Wildman–Crippen LogP) is 2.10. The van der Waals surface area contributed by atoms with Crippen molar-refractivity contribution >= 4 is 5.69 Å². The van der Waals surface area contributed by atoms with Gasteiger partial charge in [-0.2, -0.15) is 18.4 Å². The van der Waals surface area contributed by atoms with Crippen LogP contribution in [0.4, 0.5) is 18.9 Å². The van der Waals surface area contributed by atoms with Crippen molar-refractivity contribution in [3.8, 4) is 6.07 Å². The Morgan fingerprint density at radius 3 is 2.73 bits per heavy atom. The average molecular weight is 311 g/mol. The molecular formula is C15H16F3N3O. The standard InChI is InChI=1S/C15H16F3N3O/c1-20-4-5-22-14-9-21(8-13(14)20)12-6-10(7-19)2-3-11(12)15(16,17)18/h2-3,6,13-14H,4-5,8-9H2,1H3. The second kappa shape index (κ2) is 5.45. The van der Waals surface area contributed by atoms with Crippen molar-refractivity contribution in [1.29, 1.82) is 5.26 Å². The van der Waals surface area contributed by atoms with Crippen molar-refractivity contribution in [3.63, 3.8) is 0 Å². The van der Waals surface area contributed by atoms with Gasteiger partial charge in [0.25, 0.3) is 0 Å². The lowest BCUT2D eigenvalue weighted by Gasteiger charge is -2.33. The van der Waals surface area contributed by atoms with Crippen LogP contribution in [0.15, 0.2) is 18.2 Å². The molecule has 0 aliphatic carbocycles. The van der Waals surface area contributed by atoms with E-state index in [0.717, 1.165) is 12.6 Å².